The zero-order valence-corrected chi connectivity index (χ0v) is 8.12. The Morgan fingerprint density at radius 3 is 2.77 bits per heavy atom. The van der Waals surface area contributed by atoms with Gasteiger partial charge in [0.25, 0.3) is 0 Å². The molecule has 5 heteroatoms. The molecule has 0 spiro atoms. The van der Waals surface area contributed by atoms with Gasteiger partial charge in [0.15, 0.2) is 0 Å². The van der Waals surface area contributed by atoms with Crippen molar-refractivity contribution >= 4 is 0 Å². The number of nitrogens with two attached hydrogens (primary N) is 1. The molecule has 1 heterocycles. The van der Waals surface area contributed by atoms with E-state index in [1.165, 1.54) is 0 Å². The van der Waals surface area contributed by atoms with Crippen LogP contribution in [0.15, 0.2) is 6.20 Å². The standard InChI is InChI=1S/C8H17N5/c1-6(2)3-4-7(11-9)8-5-10-13-12-8/h5-7,11H,3-4,9H2,1-2H3,(H,10,12,13). The minimum Gasteiger partial charge on any atom is -0.271 e. The quantitative estimate of drug-likeness (QED) is 0.465. The number of nitrogens with one attached hydrogen (secondary N) is 2. The monoisotopic (exact) mass is 183 g/mol. The zero-order chi connectivity index (χ0) is 9.68. The van der Waals surface area contributed by atoms with Crippen LogP contribution in [0.5, 0.6) is 0 Å². The fourth-order valence-corrected chi connectivity index (χ4v) is 1.19. The molecule has 0 fully saturated rings. The van der Waals surface area contributed by atoms with E-state index in [1.807, 2.05) is 0 Å². The number of rotatable bonds is 5. The SMILES string of the molecule is CC(C)CCC(NN)c1cn[nH]n1. The van der Waals surface area contributed by atoms with E-state index >= 15 is 0 Å². The summed E-state index contributed by atoms with van der Waals surface area (Å²) in [5, 5.41) is 10.3. The lowest BCUT2D eigenvalue weighted by Crippen LogP contribution is -2.28. The maximum atomic E-state index is 5.42. The summed E-state index contributed by atoms with van der Waals surface area (Å²) in [6.45, 7) is 4.38. The van der Waals surface area contributed by atoms with Crippen molar-refractivity contribution in [2.45, 2.75) is 32.7 Å². The van der Waals surface area contributed by atoms with Crippen LogP contribution in [0.4, 0.5) is 0 Å². The van der Waals surface area contributed by atoms with Crippen LogP contribution in [0.3, 0.4) is 0 Å². The van der Waals surface area contributed by atoms with Gasteiger partial charge in [-0.3, -0.25) is 11.3 Å². The minimum atomic E-state index is 0.112. The van der Waals surface area contributed by atoms with Gasteiger partial charge in [0.1, 0.15) is 5.69 Å². The van der Waals surface area contributed by atoms with E-state index in [4.69, 9.17) is 5.84 Å². The molecule has 0 aliphatic heterocycles. The first kappa shape index (κ1) is 10.1. The molecule has 1 aromatic rings. The molecular formula is C8H17N5. The van der Waals surface area contributed by atoms with Crippen molar-refractivity contribution < 1.29 is 0 Å². The maximum Gasteiger partial charge on any atom is 0.101 e. The fraction of sp³-hybridized carbons (Fsp3) is 0.750. The van der Waals surface area contributed by atoms with E-state index in [2.05, 4.69) is 34.7 Å². The van der Waals surface area contributed by atoms with Gasteiger partial charge in [0, 0.05) is 0 Å². The highest BCUT2D eigenvalue weighted by atomic mass is 15.3. The Morgan fingerprint density at radius 1 is 1.54 bits per heavy atom. The van der Waals surface area contributed by atoms with Gasteiger partial charge in [-0.25, -0.2) is 0 Å². The van der Waals surface area contributed by atoms with Crippen LogP contribution in [0.2, 0.25) is 0 Å². The summed E-state index contributed by atoms with van der Waals surface area (Å²) in [5.74, 6) is 6.10. The molecule has 4 N–H and O–H groups in total. The summed E-state index contributed by atoms with van der Waals surface area (Å²) in [5.41, 5.74) is 3.62. The van der Waals surface area contributed by atoms with Crippen molar-refractivity contribution in [3.63, 3.8) is 0 Å². The maximum absolute atomic E-state index is 5.42. The van der Waals surface area contributed by atoms with E-state index in [0.717, 1.165) is 18.5 Å². The number of hydrogen-bond acceptors (Lipinski definition) is 4. The lowest BCUT2D eigenvalue weighted by atomic mass is 10.0. The molecule has 5 nitrogen and oxygen atoms in total. The summed E-state index contributed by atoms with van der Waals surface area (Å²) in [7, 11) is 0. The number of nitrogens with zero attached hydrogens (tertiary/aromatic N) is 2. The normalized spacial score (nSPS) is 13.5. The number of hydrogen-bond donors (Lipinski definition) is 3. The Labute approximate surface area is 78.1 Å². The van der Waals surface area contributed by atoms with Crippen molar-refractivity contribution in [2.75, 3.05) is 0 Å². The van der Waals surface area contributed by atoms with Crippen molar-refractivity contribution in [3.05, 3.63) is 11.9 Å². The molecule has 0 amide bonds. The fourth-order valence-electron chi connectivity index (χ4n) is 1.19. The third kappa shape index (κ3) is 3.12. The van der Waals surface area contributed by atoms with E-state index < -0.39 is 0 Å². The highest BCUT2D eigenvalue weighted by Crippen LogP contribution is 2.16. The zero-order valence-electron chi connectivity index (χ0n) is 8.12. The van der Waals surface area contributed by atoms with Gasteiger partial charge in [-0.2, -0.15) is 15.4 Å². The van der Waals surface area contributed by atoms with Gasteiger partial charge >= 0.3 is 0 Å². The molecule has 0 radical (unpaired) electrons. The largest absolute Gasteiger partial charge is 0.271 e. The summed E-state index contributed by atoms with van der Waals surface area (Å²) in [6.07, 6.45) is 3.81. The highest BCUT2D eigenvalue weighted by Gasteiger charge is 2.12. The number of aromatic nitrogens is 3. The average Bonchev–Trinajstić information content (AvgIpc) is 2.58. The highest BCUT2D eigenvalue weighted by molar-refractivity contribution is 4.98. The van der Waals surface area contributed by atoms with Gasteiger partial charge in [-0.1, -0.05) is 13.8 Å². The minimum absolute atomic E-state index is 0.112. The molecule has 0 saturated carbocycles. The molecule has 1 unspecified atom stereocenters. The van der Waals surface area contributed by atoms with Crippen LogP contribution < -0.4 is 11.3 Å². The van der Waals surface area contributed by atoms with Crippen LogP contribution in [0.1, 0.15) is 38.4 Å². The Morgan fingerprint density at radius 2 is 2.31 bits per heavy atom. The van der Waals surface area contributed by atoms with Gasteiger partial charge in [-0.05, 0) is 18.8 Å². The van der Waals surface area contributed by atoms with E-state index in [9.17, 15) is 0 Å². The van der Waals surface area contributed by atoms with Crippen molar-refractivity contribution in [3.8, 4) is 0 Å². The smallest absolute Gasteiger partial charge is 0.101 e. The second kappa shape index (κ2) is 4.94. The molecule has 0 aliphatic carbocycles. The third-order valence-electron chi connectivity index (χ3n) is 2.02. The molecule has 0 aliphatic rings. The molecule has 74 valence electrons. The van der Waals surface area contributed by atoms with E-state index in [-0.39, 0.29) is 6.04 Å². The second-order valence-corrected chi connectivity index (χ2v) is 3.59. The molecule has 13 heavy (non-hydrogen) atoms. The molecular weight excluding hydrogens is 166 g/mol. The third-order valence-corrected chi connectivity index (χ3v) is 2.02. The van der Waals surface area contributed by atoms with Gasteiger partial charge in [-0.15, -0.1) is 0 Å². The summed E-state index contributed by atoms with van der Waals surface area (Å²) < 4.78 is 0. The molecule has 1 rings (SSSR count). The molecule has 0 bridgehead atoms. The van der Waals surface area contributed by atoms with Gasteiger partial charge in [0.05, 0.1) is 12.2 Å². The van der Waals surface area contributed by atoms with Crippen LogP contribution in [-0.4, -0.2) is 15.4 Å². The summed E-state index contributed by atoms with van der Waals surface area (Å²) in [6, 6.07) is 0.112. The number of aromatic amines is 1. The topological polar surface area (TPSA) is 79.6 Å². The first-order chi connectivity index (χ1) is 6.24. The molecule has 0 saturated heterocycles. The Balaban J connectivity index is 2.44. The Bertz CT molecular complexity index is 218. The molecule has 0 aromatic carbocycles. The van der Waals surface area contributed by atoms with Crippen molar-refractivity contribution in [2.24, 2.45) is 11.8 Å². The molecule has 1 atom stereocenters. The predicted molar refractivity (Wildman–Crippen MR) is 50.5 cm³/mol. The van der Waals surface area contributed by atoms with E-state index in [1.54, 1.807) is 6.20 Å². The number of H-pyrrole nitrogens is 1. The molecule has 1 aromatic heterocycles. The Hall–Kier alpha value is -0.940. The van der Waals surface area contributed by atoms with Crippen LogP contribution in [0, 0.1) is 5.92 Å². The first-order valence-corrected chi connectivity index (χ1v) is 4.55. The van der Waals surface area contributed by atoms with Crippen molar-refractivity contribution in [1.82, 2.24) is 20.8 Å². The van der Waals surface area contributed by atoms with Crippen molar-refractivity contribution in [1.29, 1.82) is 0 Å². The first-order valence-electron chi connectivity index (χ1n) is 4.55. The average molecular weight is 183 g/mol. The van der Waals surface area contributed by atoms with E-state index in [0.29, 0.717) is 5.92 Å². The summed E-state index contributed by atoms with van der Waals surface area (Å²) in [4.78, 5) is 0. The predicted octanol–water partition coefficient (Wildman–Crippen LogP) is 0.745. The lowest BCUT2D eigenvalue weighted by molar-refractivity contribution is 0.441. The second-order valence-electron chi connectivity index (χ2n) is 3.59. The van der Waals surface area contributed by atoms with Gasteiger partial charge < -0.3 is 0 Å². The van der Waals surface area contributed by atoms with Crippen LogP contribution in [0.25, 0.3) is 0 Å². The summed E-state index contributed by atoms with van der Waals surface area (Å²) >= 11 is 0. The van der Waals surface area contributed by atoms with Crippen LogP contribution >= 0.6 is 0 Å². The Kier molecular flexibility index (Phi) is 3.85. The van der Waals surface area contributed by atoms with Gasteiger partial charge in [0.2, 0.25) is 0 Å². The van der Waals surface area contributed by atoms with Crippen LogP contribution in [-0.2, 0) is 0 Å². The lowest BCUT2D eigenvalue weighted by Gasteiger charge is -2.13. The number of hydrazine groups is 1.